The number of nitrogens with zero attached hydrogens (tertiary/aromatic N) is 1. The zero-order valence-electron chi connectivity index (χ0n) is 15.4. The molecule has 144 valence electrons. The number of rotatable bonds is 4. The summed E-state index contributed by atoms with van der Waals surface area (Å²) in [5.41, 5.74) is 3.54. The molecular formula is C22H19F3N2O. The number of Topliss-reactive ketones (excluding diaryl/α,β-unsaturated/α-hetero) is 1. The topological polar surface area (TPSA) is 36.1 Å². The monoisotopic (exact) mass is 384 g/mol. The molecule has 0 saturated carbocycles. The molecule has 3 nitrogen and oxygen atoms in total. The van der Waals surface area contributed by atoms with Crippen LogP contribution in [0.1, 0.15) is 27.9 Å². The molecule has 1 N–H and O–H groups in total. The Balaban J connectivity index is 1.64. The summed E-state index contributed by atoms with van der Waals surface area (Å²) in [6.07, 6.45) is 5.00. The summed E-state index contributed by atoms with van der Waals surface area (Å²) in [6.45, 7) is 1.86. The van der Waals surface area contributed by atoms with Crippen LogP contribution >= 0.6 is 0 Å². The highest BCUT2D eigenvalue weighted by atomic mass is 19.2. The van der Waals surface area contributed by atoms with Gasteiger partial charge in [-0.1, -0.05) is 12.1 Å². The Morgan fingerprint density at radius 2 is 1.96 bits per heavy atom. The molecule has 0 atom stereocenters. The summed E-state index contributed by atoms with van der Waals surface area (Å²) in [5.74, 6) is -4.96. The van der Waals surface area contributed by atoms with E-state index in [9.17, 15) is 18.0 Å². The van der Waals surface area contributed by atoms with Gasteiger partial charge < -0.3 is 9.88 Å². The maximum atomic E-state index is 13.9. The van der Waals surface area contributed by atoms with Crippen molar-refractivity contribution < 1.29 is 18.0 Å². The minimum absolute atomic E-state index is 0.0929. The zero-order valence-corrected chi connectivity index (χ0v) is 15.4. The molecule has 0 saturated heterocycles. The number of H-pyrrole nitrogens is 1. The fourth-order valence-electron chi connectivity index (χ4n) is 3.58. The number of halogens is 3. The van der Waals surface area contributed by atoms with Crippen molar-refractivity contribution in [2.24, 2.45) is 0 Å². The average molecular weight is 384 g/mol. The molecule has 0 aliphatic carbocycles. The molecule has 0 radical (unpaired) electrons. The standard InChI is InChI=1S/C22H19F3N2O/c1-27-8-6-14(7-9-27)17-12-26-19-5-2-13(10-16(17)19)11-20(28)15-3-4-18(23)22(25)21(15)24/h2-6,10,12,26H,7-9,11H2,1H3. The molecule has 1 aliphatic rings. The first-order valence-corrected chi connectivity index (χ1v) is 9.08. The van der Waals surface area contributed by atoms with Gasteiger partial charge in [0.1, 0.15) is 0 Å². The molecule has 0 amide bonds. The number of ketones is 1. The van der Waals surface area contributed by atoms with Crippen LogP contribution in [0.4, 0.5) is 13.2 Å². The Morgan fingerprint density at radius 3 is 2.71 bits per heavy atom. The van der Waals surface area contributed by atoms with Gasteiger partial charge in [-0.15, -0.1) is 0 Å². The number of hydrogen-bond acceptors (Lipinski definition) is 2. The number of hydrogen-bond donors (Lipinski definition) is 1. The third-order valence-electron chi connectivity index (χ3n) is 5.20. The average Bonchev–Trinajstić information content (AvgIpc) is 3.10. The van der Waals surface area contributed by atoms with Gasteiger partial charge in [-0.3, -0.25) is 4.79 Å². The van der Waals surface area contributed by atoms with Crippen molar-refractivity contribution in [1.29, 1.82) is 0 Å². The maximum absolute atomic E-state index is 13.9. The number of benzene rings is 2. The second kappa shape index (κ2) is 7.28. The Labute approximate surface area is 160 Å². The number of aromatic nitrogens is 1. The number of aromatic amines is 1. The second-order valence-electron chi connectivity index (χ2n) is 7.15. The summed E-state index contributed by atoms with van der Waals surface area (Å²) < 4.78 is 40.4. The van der Waals surface area contributed by atoms with Crippen molar-refractivity contribution in [3.8, 4) is 0 Å². The van der Waals surface area contributed by atoms with Crippen LogP contribution in [0.15, 0.2) is 42.6 Å². The van der Waals surface area contributed by atoms with Crippen LogP contribution in [-0.4, -0.2) is 35.8 Å². The van der Waals surface area contributed by atoms with Gasteiger partial charge in [0.05, 0.1) is 5.56 Å². The molecule has 3 aromatic rings. The van der Waals surface area contributed by atoms with E-state index in [1.807, 2.05) is 18.3 Å². The van der Waals surface area contributed by atoms with Gasteiger partial charge in [0.25, 0.3) is 0 Å². The summed E-state index contributed by atoms with van der Waals surface area (Å²) in [7, 11) is 2.07. The van der Waals surface area contributed by atoms with E-state index in [1.54, 1.807) is 6.07 Å². The summed E-state index contributed by atoms with van der Waals surface area (Å²) in [4.78, 5) is 17.9. The van der Waals surface area contributed by atoms with Crippen LogP contribution in [0.5, 0.6) is 0 Å². The van der Waals surface area contributed by atoms with E-state index in [0.29, 0.717) is 5.56 Å². The largest absolute Gasteiger partial charge is 0.361 e. The maximum Gasteiger partial charge on any atom is 0.195 e. The Bertz CT molecular complexity index is 1100. The normalized spacial score (nSPS) is 15.1. The summed E-state index contributed by atoms with van der Waals surface area (Å²) in [6, 6.07) is 7.31. The molecule has 0 spiro atoms. The van der Waals surface area contributed by atoms with E-state index in [2.05, 4.69) is 23.0 Å². The smallest absolute Gasteiger partial charge is 0.195 e. The molecule has 28 heavy (non-hydrogen) atoms. The molecule has 1 aliphatic heterocycles. The lowest BCUT2D eigenvalue weighted by Gasteiger charge is -2.21. The summed E-state index contributed by atoms with van der Waals surface area (Å²) in [5, 5.41) is 0.992. The molecule has 6 heteroatoms. The lowest BCUT2D eigenvalue weighted by atomic mass is 9.96. The third-order valence-corrected chi connectivity index (χ3v) is 5.20. The van der Waals surface area contributed by atoms with Crippen molar-refractivity contribution in [3.63, 3.8) is 0 Å². The van der Waals surface area contributed by atoms with Crippen LogP contribution in [0.3, 0.4) is 0 Å². The highest BCUT2D eigenvalue weighted by Gasteiger charge is 2.20. The quantitative estimate of drug-likeness (QED) is 0.522. The number of fused-ring (bicyclic) bond motifs is 1. The third kappa shape index (κ3) is 3.36. The van der Waals surface area contributed by atoms with Crippen molar-refractivity contribution in [1.82, 2.24) is 9.88 Å². The molecule has 0 bridgehead atoms. The molecule has 0 unspecified atom stereocenters. The molecule has 2 aromatic carbocycles. The number of likely N-dealkylation sites (N-methyl/N-ethyl adjacent to an activating group) is 1. The van der Waals surface area contributed by atoms with Crippen LogP contribution in [0, 0.1) is 17.5 Å². The first-order chi connectivity index (χ1) is 13.4. The lowest BCUT2D eigenvalue weighted by molar-refractivity contribution is 0.0988. The molecule has 4 rings (SSSR count). The Kier molecular flexibility index (Phi) is 4.81. The lowest BCUT2D eigenvalue weighted by Crippen LogP contribution is -2.23. The minimum atomic E-state index is -1.62. The van der Waals surface area contributed by atoms with Crippen molar-refractivity contribution in [3.05, 3.63) is 76.7 Å². The highest BCUT2D eigenvalue weighted by Crippen LogP contribution is 2.30. The molecular weight excluding hydrogens is 365 g/mol. The predicted octanol–water partition coefficient (Wildman–Crippen LogP) is 4.73. The van der Waals surface area contributed by atoms with E-state index in [0.717, 1.165) is 48.1 Å². The number of carbonyl (C=O) groups is 1. The SMILES string of the molecule is CN1CC=C(c2c[nH]c3ccc(CC(=O)c4ccc(F)c(F)c4F)cc23)CC1. The van der Waals surface area contributed by atoms with Crippen LogP contribution in [0.25, 0.3) is 16.5 Å². The van der Waals surface area contributed by atoms with Gasteiger partial charge in [-0.25, -0.2) is 13.2 Å². The van der Waals surface area contributed by atoms with E-state index >= 15 is 0 Å². The second-order valence-corrected chi connectivity index (χ2v) is 7.15. The number of carbonyl (C=O) groups excluding carboxylic acids is 1. The van der Waals surface area contributed by atoms with Gasteiger partial charge in [0, 0.05) is 42.2 Å². The molecule has 1 aromatic heterocycles. The van der Waals surface area contributed by atoms with Crippen molar-refractivity contribution in [2.45, 2.75) is 12.8 Å². The number of nitrogens with one attached hydrogen (secondary N) is 1. The molecule has 2 heterocycles. The summed E-state index contributed by atoms with van der Waals surface area (Å²) >= 11 is 0. The predicted molar refractivity (Wildman–Crippen MR) is 103 cm³/mol. The van der Waals surface area contributed by atoms with Gasteiger partial charge >= 0.3 is 0 Å². The van der Waals surface area contributed by atoms with E-state index in [4.69, 9.17) is 0 Å². The first kappa shape index (κ1) is 18.5. The minimum Gasteiger partial charge on any atom is -0.361 e. The van der Waals surface area contributed by atoms with Gasteiger partial charge in [-0.05, 0) is 48.9 Å². The van der Waals surface area contributed by atoms with Gasteiger partial charge in [-0.2, -0.15) is 0 Å². The van der Waals surface area contributed by atoms with Crippen LogP contribution < -0.4 is 0 Å². The highest BCUT2D eigenvalue weighted by molar-refractivity contribution is 5.99. The fraction of sp³-hybridized carbons (Fsp3) is 0.227. The Hall–Kier alpha value is -2.86. The Morgan fingerprint density at radius 1 is 1.14 bits per heavy atom. The van der Waals surface area contributed by atoms with Crippen molar-refractivity contribution in [2.75, 3.05) is 20.1 Å². The van der Waals surface area contributed by atoms with E-state index in [-0.39, 0.29) is 6.42 Å². The first-order valence-electron chi connectivity index (χ1n) is 9.08. The van der Waals surface area contributed by atoms with Crippen molar-refractivity contribution >= 4 is 22.3 Å². The van der Waals surface area contributed by atoms with Crippen LogP contribution in [-0.2, 0) is 6.42 Å². The zero-order chi connectivity index (χ0) is 19.8. The van der Waals surface area contributed by atoms with Gasteiger partial charge in [0.15, 0.2) is 23.2 Å². The van der Waals surface area contributed by atoms with E-state index in [1.165, 1.54) is 5.57 Å². The van der Waals surface area contributed by atoms with E-state index < -0.39 is 28.8 Å². The van der Waals surface area contributed by atoms with Crippen LogP contribution in [0.2, 0.25) is 0 Å². The van der Waals surface area contributed by atoms with Gasteiger partial charge in [0.2, 0.25) is 0 Å². The fourth-order valence-corrected chi connectivity index (χ4v) is 3.58. The molecule has 0 fully saturated rings.